The summed E-state index contributed by atoms with van der Waals surface area (Å²) < 4.78 is 28.7. The fourth-order valence-electron chi connectivity index (χ4n) is 2.89. The van der Waals surface area contributed by atoms with E-state index in [4.69, 9.17) is 0 Å². The molecule has 0 aromatic carbocycles. The van der Waals surface area contributed by atoms with E-state index in [0.717, 1.165) is 32.5 Å². The summed E-state index contributed by atoms with van der Waals surface area (Å²) in [5, 5.41) is 2.81. The molecule has 2 fully saturated rings. The summed E-state index contributed by atoms with van der Waals surface area (Å²) in [6.45, 7) is 0.178. The Hall–Kier alpha value is -1.94. The quantitative estimate of drug-likeness (QED) is 0.707. The topological polar surface area (TPSA) is 110 Å². The predicted octanol–water partition coefficient (Wildman–Crippen LogP) is -1.48. The van der Waals surface area contributed by atoms with Crippen molar-refractivity contribution < 1.29 is 13.2 Å². The van der Waals surface area contributed by atoms with Crippen LogP contribution in [0.2, 0.25) is 0 Å². The van der Waals surface area contributed by atoms with E-state index in [0.29, 0.717) is 12.8 Å². The Bertz CT molecular complexity index is 897. The first-order valence-electron chi connectivity index (χ1n) is 7.82. The second kappa shape index (κ2) is 5.85. The number of hydrogen-bond donors (Lipinski definition) is 1. The van der Waals surface area contributed by atoms with Gasteiger partial charge in [0, 0.05) is 32.9 Å². The molecule has 9 nitrogen and oxygen atoms in total. The first kappa shape index (κ1) is 16.9. The number of carbonyl (C=O) groups excluding carboxylic acids is 1. The number of nitrogens with one attached hydrogen (secondary N) is 1. The van der Waals surface area contributed by atoms with E-state index in [1.165, 1.54) is 14.1 Å². The molecule has 0 unspecified atom stereocenters. The number of amides is 1. The van der Waals surface area contributed by atoms with Gasteiger partial charge in [-0.1, -0.05) is 0 Å². The van der Waals surface area contributed by atoms with Crippen LogP contribution in [0.15, 0.2) is 20.7 Å². The lowest BCUT2D eigenvalue weighted by Crippen LogP contribution is -2.48. The van der Waals surface area contributed by atoms with Crippen molar-refractivity contribution in [2.24, 2.45) is 14.1 Å². The zero-order chi connectivity index (χ0) is 17.6. The van der Waals surface area contributed by atoms with Crippen LogP contribution in [0.1, 0.15) is 25.7 Å². The van der Waals surface area contributed by atoms with Gasteiger partial charge in [-0.2, -0.15) is 4.31 Å². The molecule has 10 heteroatoms. The Balaban J connectivity index is 1.99. The van der Waals surface area contributed by atoms with Gasteiger partial charge in [-0.25, -0.2) is 13.2 Å². The van der Waals surface area contributed by atoms with Gasteiger partial charge in [-0.05, 0) is 25.7 Å². The van der Waals surface area contributed by atoms with Crippen molar-refractivity contribution in [1.29, 1.82) is 0 Å². The predicted molar refractivity (Wildman–Crippen MR) is 85.0 cm³/mol. The van der Waals surface area contributed by atoms with Gasteiger partial charge in [0.25, 0.3) is 15.6 Å². The molecule has 1 saturated carbocycles. The molecule has 1 aliphatic carbocycles. The summed E-state index contributed by atoms with van der Waals surface area (Å²) >= 11 is 0. The highest BCUT2D eigenvalue weighted by molar-refractivity contribution is 7.89. The molecule has 1 aromatic heterocycles. The molecule has 0 bridgehead atoms. The van der Waals surface area contributed by atoms with Crippen molar-refractivity contribution in [3.63, 3.8) is 0 Å². The van der Waals surface area contributed by atoms with Crippen LogP contribution in [0.5, 0.6) is 0 Å². The van der Waals surface area contributed by atoms with Crippen LogP contribution >= 0.6 is 0 Å². The van der Waals surface area contributed by atoms with Crippen molar-refractivity contribution in [3.8, 4) is 0 Å². The Kier molecular flexibility index (Phi) is 4.12. The van der Waals surface area contributed by atoms with Crippen LogP contribution in [-0.2, 0) is 28.9 Å². The van der Waals surface area contributed by atoms with Crippen LogP contribution < -0.4 is 16.6 Å². The minimum absolute atomic E-state index is 0.132. The first-order valence-corrected chi connectivity index (χ1v) is 9.26. The molecule has 1 atom stereocenters. The van der Waals surface area contributed by atoms with Crippen LogP contribution in [0.4, 0.5) is 0 Å². The second-order valence-corrected chi connectivity index (χ2v) is 8.17. The third-order valence-corrected chi connectivity index (χ3v) is 6.32. The molecule has 132 valence electrons. The van der Waals surface area contributed by atoms with E-state index in [-0.39, 0.29) is 18.5 Å². The fraction of sp³-hybridized carbons (Fsp3) is 0.643. The van der Waals surface area contributed by atoms with Gasteiger partial charge in [0.15, 0.2) is 4.90 Å². The highest BCUT2D eigenvalue weighted by Crippen LogP contribution is 2.26. The summed E-state index contributed by atoms with van der Waals surface area (Å²) in [5.74, 6) is -0.319. The van der Waals surface area contributed by atoms with Crippen molar-refractivity contribution in [1.82, 2.24) is 18.8 Å². The van der Waals surface area contributed by atoms with E-state index in [9.17, 15) is 22.8 Å². The average molecular weight is 356 g/mol. The maximum Gasteiger partial charge on any atom is 0.330 e. The zero-order valence-corrected chi connectivity index (χ0v) is 14.4. The summed E-state index contributed by atoms with van der Waals surface area (Å²) in [6, 6.07) is -0.675. The van der Waals surface area contributed by atoms with Crippen molar-refractivity contribution in [2.75, 3.05) is 6.54 Å². The van der Waals surface area contributed by atoms with Crippen molar-refractivity contribution >= 4 is 15.9 Å². The van der Waals surface area contributed by atoms with Gasteiger partial charge in [0.2, 0.25) is 5.91 Å². The summed E-state index contributed by atoms with van der Waals surface area (Å²) in [7, 11) is -1.56. The molecule has 1 amide bonds. The minimum atomic E-state index is -4.16. The third-order valence-electron chi connectivity index (χ3n) is 4.43. The second-order valence-electron chi connectivity index (χ2n) is 6.31. The van der Waals surface area contributed by atoms with Crippen LogP contribution in [0, 0.1) is 0 Å². The molecule has 2 heterocycles. The molecule has 2 aliphatic rings. The number of sulfonamides is 1. The largest absolute Gasteiger partial charge is 0.352 e. The molecule has 1 aromatic rings. The maximum atomic E-state index is 12.9. The highest BCUT2D eigenvalue weighted by atomic mass is 32.2. The van der Waals surface area contributed by atoms with Crippen LogP contribution in [0.25, 0.3) is 0 Å². The Morgan fingerprint density at radius 1 is 1.21 bits per heavy atom. The van der Waals surface area contributed by atoms with Crippen LogP contribution in [0.3, 0.4) is 0 Å². The van der Waals surface area contributed by atoms with E-state index in [1.54, 1.807) is 0 Å². The number of rotatable bonds is 4. The normalized spacial score (nSPS) is 21.8. The lowest BCUT2D eigenvalue weighted by atomic mass is 10.2. The molecular formula is C14H20N4O5S. The summed E-state index contributed by atoms with van der Waals surface area (Å²) in [5.41, 5.74) is -1.49. The molecular weight excluding hydrogens is 336 g/mol. The molecule has 0 spiro atoms. The first-order chi connectivity index (χ1) is 11.2. The van der Waals surface area contributed by atoms with Gasteiger partial charge in [0.05, 0.1) is 0 Å². The molecule has 0 radical (unpaired) electrons. The van der Waals surface area contributed by atoms with E-state index in [1.807, 2.05) is 0 Å². The maximum absolute atomic E-state index is 12.9. The van der Waals surface area contributed by atoms with E-state index in [2.05, 4.69) is 5.32 Å². The van der Waals surface area contributed by atoms with Crippen LogP contribution in [-0.4, -0.2) is 46.4 Å². The standard InChI is InChI=1S/C14H20N4O5S/c1-16-8-11(13(20)17(2)14(16)21)24(22,23)18-7-3-4-10(18)12(19)15-9-5-6-9/h8-10H,3-7H2,1-2H3,(H,15,19)/t10-/m1/s1. The lowest BCUT2D eigenvalue weighted by molar-refractivity contribution is -0.124. The zero-order valence-electron chi connectivity index (χ0n) is 13.6. The summed E-state index contributed by atoms with van der Waals surface area (Å²) in [4.78, 5) is 35.8. The monoisotopic (exact) mass is 356 g/mol. The third kappa shape index (κ3) is 2.80. The number of carbonyl (C=O) groups is 1. The number of aryl methyl sites for hydroxylation is 1. The smallest absolute Gasteiger partial charge is 0.330 e. The minimum Gasteiger partial charge on any atom is -0.352 e. The van der Waals surface area contributed by atoms with Crippen molar-refractivity contribution in [3.05, 3.63) is 27.0 Å². The Morgan fingerprint density at radius 3 is 2.50 bits per heavy atom. The Labute approximate surface area is 138 Å². The molecule has 1 aliphatic heterocycles. The van der Waals surface area contributed by atoms with E-state index < -0.39 is 32.2 Å². The molecule has 24 heavy (non-hydrogen) atoms. The fourth-order valence-corrected chi connectivity index (χ4v) is 4.70. The highest BCUT2D eigenvalue weighted by Gasteiger charge is 2.42. The van der Waals surface area contributed by atoms with Gasteiger partial charge < -0.3 is 9.88 Å². The molecule has 3 rings (SSSR count). The van der Waals surface area contributed by atoms with Gasteiger partial charge >= 0.3 is 5.69 Å². The number of aromatic nitrogens is 2. The van der Waals surface area contributed by atoms with Gasteiger partial charge in [-0.3, -0.25) is 14.2 Å². The molecule has 1 N–H and O–H groups in total. The van der Waals surface area contributed by atoms with E-state index >= 15 is 0 Å². The Morgan fingerprint density at radius 2 is 1.88 bits per heavy atom. The van der Waals surface area contributed by atoms with Gasteiger partial charge in [0.1, 0.15) is 6.04 Å². The average Bonchev–Trinajstić information content (AvgIpc) is 3.19. The summed E-state index contributed by atoms with van der Waals surface area (Å²) in [6.07, 6.45) is 3.81. The van der Waals surface area contributed by atoms with Crippen molar-refractivity contribution in [2.45, 2.75) is 42.7 Å². The lowest BCUT2D eigenvalue weighted by Gasteiger charge is -2.23. The number of nitrogens with zero attached hydrogens (tertiary/aromatic N) is 3. The van der Waals surface area contributed by atoms with Gasteiger partial charge in [-0.15, -0.1) is 0 Å². The number of hydrogen-bond acceptors (Lipinski definition) is 5. The molecule has 1 saturated heterocycles. The SMILES string of the molecule is Cn1cc(S(=O)(=O)N2CCC[C@@H]2C(=O)NC2CC2)c(=O)n(C)c1=O.